The van der Waals surface area contributed by atoms with E-state index in [4.69, 9.17) is 5.73 Å². The molecule has 0 aliphatic heterocycles. The smallest absolute Gasteiger partial charge is 0.255 e. The predicted molar refractivity (Wildman–Crippen MR) is 83.1 cm³/mol. The molecule has 0 spiro atoms. The van der Waals surface area contributed by atoms with Crippen LogP contribution in [0.25, 0.3) is 0 Å². The van der Waals surface area contributed by atoms with Crippen LogP contribution < -0.4 is 11.1 Å². The van der Waals surface area contributed by atoms with Crippen LogP contribution in [0.1, 0.15) is 15.9 Å². The molecular formula is C15H16N2O3S. The van der Waals surface area contributed by atoms with Crippen LogP contribution >= 0.6 is 0 Å². The third-order valence-electron chi connectivity index (χ3n) is 3.05. The molecule has 2 rings (SSSR count). The monoisotopic (exact) mass is 304 g/mol. The zero-order valence-electron chi connectivity index (χ0n) is 11.8. The largest absolute Gasteiger partial charge is 0.399 e. The van der Waals surface area contributed by atoms with Crippen molar-refractivity contribution in [1.29, 1.82) is 0 Å². The number of amides is 1. The Balaban J connectivity index is 2.26. The normalized spacial score (nSPS) is 11.1. The van der Waals surface area contributed by atoms with Gasteiger partial charge < -0.3 is 11.1 Å². The van der Waals surface area contributed by atoms with E-state index in [1.165, 1.54) is 12.1 Å². The first-order valence-corrected chi connectivity index (χ1v) is 8.14. The minimum absolute atomic E-state index is 0.114. The van der Waals surface area contributed by atoms with Crippen LogP contribution in [0.15, 0.2) is 47.4 Å². The van der Waals surface area contributed by atoms with E-state index in [1.807, 2.05) is 6.92 Å². The number of carbonyl (C=O) groups is 1. The fourth-order valence-electron chi connectivity index (χ4n) is 1.82. The van der Waals surface area contributed by atoms with Gasteiger partial charge in [0.05, 0.1) is 4.90 Å². The van der Waals surface area contributed by atoms with E-state index in [-0.39, 0.29) is 16.4 Å². The number of sulfone groups is 1. The Bertz CT molecular complexity index is 798. The zero-order valence-corrected chi connectivity index (χ0v) is 12.6. The first kappa shape index (κ1) is 15.1. The van der Waals surface area contributed by atoms with Gasteiger partial charge in [-0.3, -0.25) is 4.79 Å². The Hall–Kier alpha value is -2.34. The highest BCUT2D eigenvalue weighted by molar-refractivity contribution is 7.90. The molecule has 0 saturated carbocycles. The highest BCUT2D eigenvalue weighted by atomic mass is 32.2. The molecule has 0 bridgehead atoms. The van der Waals surface area contributed by atoms with Gasteiger partial charge in [0, 0.05) is 23.2 Å². The van der Waals surface area contributed by atoms with Crippen molar-refractivity contribution < 1.29 is 13.2 Å². The van der Waals surface area contributed by atoms with Crippen molar-refractivity contribution in [2.24, 2.45) is 0 Å². The van der Waals surface area contributed by atoms with E-state index in [0.717, 1.165) is 11.8 Å². The van der Waals surface area contributed by atoms with Crippen LogP contribution in [0.3, 0.4) is 0 Å². The highest BCUT2D eigenvalue weighted by Crippen LogP contribution is 2.18. The Labute approximate surface area is 123 Å². The molecule has 0 fully saturated rings. The van der Waals surface area contributed by atoms with Crippen molar-refractivity contribution in [1.82, 2.24) is 0 Å². The molecule has 0 heterocycles. The average Bonchev–Trinajstić information content (AvgIpc) is 2.42. The number of hydrogen-bond donors (Lipinski definition) is 2. The van der Waals surface area contributed by atoms with Crippen molar-refractivity contribution in [3.63, 3.8) is 0 Å². The third kappa shape index (κ3) is 3.61. The molecule has 0 saturated heterocycles. The molecule has 0 aliphatic carbocycles. The minimum atomic E-state index is -3.34. The molecule has 1 amide bonds. The second-order valence-corrected chi connectivity index (χ2v) is 6.84. The molecule has 0 radical (unpaired) electrons. The second kappa shape index (κ2) is 5.57. The summed E-state index contributed by atoms with van der Waals surface area (Å²) in [5.41, 5.74) is 8.12. The molecule has 110 valence electrons. The van der Waals surface area contributed by atoms with Gasteiger partial charge in [-0.05, 0) is 48.9 Å². The van der Waals surface area contributed by atoms with Gasteiger partial charge in [0.25, 0.3) is 5.91 Å². The molecule has 2 aromatic rings. The van der Waals surface area contributed by atoms with Crippen molar-refractivity contribution in [3.8, 4) is 0 Å². The molecule has 0 aromatic heterocycles. The summed E-state index contributed by atoms with van der Waals surface area (Å²) >= 11 is 0. The molecule has 5 nitrogen and oxygen atoms in total. The van der Waals surface area contributed by atoms with Crippen LogP contribution in [0, 0.1) is 6.92 Å². The molecule has 21 heavy (non-hydrogen) atoms. The first-order valence-electron chi connectivity index (χ1n) is 6.25. The van der Waals surface area contributed by atoms with Crippen molar-refractivity contribution >= 4 is 27.1 Å². The summed E-state index contributed by atoms with van der Waals surface area (Å²) in [4.78, 5) is 12.3. The van der Waals surface area contributed by atoms with Gasteiger partial charge in [0.1, 0.15) is 0 Å². The topological polar surface area (TPSA) is 89.3 Å². The number of nitrogens with two attached hydrogens (primary N) is 1. The number of rotatable bonds is 3. The fraction of sp³-hybridized carbons (Fsp3) is 0.133. The molecule has 3 N–H and O–H groups in total. The average molecular weight is 304 g/mol. The Morgan fingerprint density at radius 3 is 2.48 bits per heavy atom. The van der Waals surface area contributed by atoms with Crippen molar-refractivity contribution in [2.75, 3.05) is 17.3 Å². The molecule has 0 unspecified atom stereocenters. The summed E-state index contributed by atoms with van der Waals surface area (Å²) < 4.78 is 23.0. The lowest BCUT2D eigenvalue weighted by molar-refractivity contribution is 0.102. The number of aryl methyl sites for hydroxylation is 1. The second-order valence-electron chi connectivity index (χ2n) is 4.83. The Morgan fingerprint density at radius 1 is 1.14 bits per heavy atom. The number of hydrogen-bond acceptors (Lipinski definition) is 4. The van der Waals surface area contributed by atoms with E-state index in [2.05, 4.69) is 5.32 Å². The lowest BCUT2D eigenvalue weighted by atomic mass is 10.1. The molecule has 6 heteroatoms. The first-order chi connectivity index (χ1) is 9.77. The predicted octanol–water partition coefficient (Wildman–Crippen LogP) is 2.23. The minimum Gasteiger partial charge on any atom is -0.399 e. The summed E-state index contributed by atoms with van der Waals surface area (Å²) in [6, 6.07) is 11.1. The standard InChI is InChI=1S/C15H16N2O3S/c1-10-8-12(6-7-14(10)16)17-15(18)11-4-3-5-13(9-11)21(2,19)20/h3-9H,16H2,1-2H3,(H,17,18). The number of benzene rings is 2. The fourth-order valence-corrected chi connectivity index (χ4v) is 2.49. The highest BCUT2D eigenvalue weighted by Gasteiger charge is 2.12. The lowest BCUT2D eigenvalue weighted by Gasteiger charge is -2.08. The summed E-state index contributed by atoms with van der Waals surface area (Å²) in [5.74, 6) is -0.371. The Kier molecular flexibility index (Phi) is 3.99. The van der Waals surface area contributed by atoms with Gasteiger partial charge in [-0.25, -0.2) is 8.42 Å². The van der Waals surface area contributed by atoms with Crippen LogP contribution in [0.4, 0.5) is 11.4 Å². The van der Waals surface area contributed by atoms with Crippen LogP contribution in [0.5, 0.6) is 0 Å². The lowest BCUT2D eigenvalue weighted by Crippen LogP contribution is -2.13. The zero-order chi connectivity index (χ0) is 15.6. The van der Waals surface area contributed by atoms with Crippen molar-refractivity contribution in [2.45, 2.75) is 11.8 Å². The molecule has 0 aliphatic rings. The molecule has 0 atom stereocenters. The molecular weight excluding hydrogens is 288 g/mol. The maximum absolute atomic E-state index is 12.2. The SMILES string of the molecule is Cc1cc(NC(=O)c2cccc(S(C)(=O)=O)c2)ccc1N. The van der Waals surface area contributed by atoms with Gasteiger partial charge in [0.2, 0.25) is 0 Å². The van der Waals surface area contributed by atoms with Gasteiger partial charge in [0.15, 0.2) is 9.84 Å². The van der Waals surface area contributed by atoms with Crippen LogP contribution in [-0.2, 0) is 9.84 Å². The van der Waals surface area contributed by atoms with E-state index in [0.29, 0.717) is 11.4 Å². The Morgan fingerprint density at radius 2 is 1.86 bits per heavy atom. The van der Waals surface area contributed by atoms with E-state index in [9.17, 15) is 13.2 Å². The third-order valence-corrected chi connectivity index (χ3v) is 4.16. The summed E-state index contributed by atoms with van der Waals surface area (Å²) in [7, 11) is -3.34. The van der Waals surface area contributed by atoms with E-state index >= 15 is 0 Å². The van der Waals surface area contributed by atoms with E-state index < -0.39 is 9.84 Å². The quantitative estimate of drug-likeness (QED) is 0.851. The van der Waals surface area contributed by atoms with E-state index in [1.54, 1.807) is 30.3 Å². The van der Waals surface area contributed by atoms with Crippen molar-refractivity contribution in [3.05, 3.63) is 53.6 Å². The summed E-state index contributed by atoms with van der Waals surface area (Å²) in [6.07, 6.45) is 1.10. The van der Waals surface area contributed by atoms with Gasteiger partial charge in [-0.15, -0.1) is 0 Å². The van der Waals surface area contributed by atoms with Gasteiger partial charge in [-0.1, -0.05) is 6.07 Å². The maximum Gasteiger partial charge on any atom is 0.255 e. The number of anilines is 2. The van der Waals surface area contributed by atoms with Crippen LogP contribution in [-0.4, -0.2) is 20.6 Å². The van der Waals surface area contributed by atoms with Crippen LogP contribution in [0.2, 0.25) is 0 Å². The summed E-state index contributed by atoms with van der Waals surface area (Å²) in [5, 5.41) is 2.72. The molecule has 2 aromatic carbocycles. The van der Waals surface area contributed by atoms with Gasteiger partial charge >= 0.3 is 0 Å². The maximum atomic E-state index is 12.2. The van der Waals surface area contributed by atoms with Gasteiger partial charge in [-0.2, -0.15) is 0 Å². The number of carbonyl (C=O) groups excluding carboxylic acids is 1. The summed E-state index contributed by atoms with van der Waals surface area (Å²) in [6.45, 7) is 1.84. The number of nitrogen functional groups attached to an aromatic ring is 1. The number of nitrogens with one attached hydrogen (secondary N) is 1.